The molecule has 0 unspecified atom stereocenters. The minimum atomic E-state index is -0.0650. The van der Waals surface area contributed by atoms with Crippen LogP contribution in [0.2, 0.25) is 5.02 Å². The number of piperazine rings is 1. The second-order valence-electron chi connectivity index (χ2n) is 7.49. The Morgan fingerprint density at radius 3 is 2.50 bits per heavy atom. The van der Waals surface area contributed by atoms with Crippen molar-refractivity contribution in [3.63, 3.8) is 0 Å². The van der Waals surface area contributed by atoms with Crippen LogP contribution in [0, 0.1) is 0 Å². The van der Waals surface area contributed by atoms with E-state index >= 15 is 0 Å². The number of fused-ring (bicyclic) bond motifs is 3. The number of rotatable bonds is 2. The van der Waals surface area contributed by atoms with E-state index in [4.69, 9.17) is 11.6 Å². The number of anilines is 1. The average Bonchev–Trinajstić information content (AvgIpc) is 3.23. The van der Waals surface area contributed by atoms with Crippen LogP contribution in [-0.4, -0.2) is 41.6 Å². The Labute approximate surface area is 182 Å². The molecule has 5 rings (SSSR count). The molecule has 1 fully saturated rings. The van der Waals surface area contributed by atoms with Gasteiger partial charge in [0.25, 0.3) is 11.5 Å². The molecule has 5 nitrogen and oxygen atoms in total. The highest BCUT2D eigenvalue weighted by Crippen LogP contribution is 2.31. The van der Waals surface area contributed by atoms with Gasteiger partial charge in [-0.3, -0.25) is 9.59 Å². The number of para-hydroxylation sites is 1. The van der Waals surface area contributed by atoms with Crippen LogP contribution in [0.25, 0.3) is 21.0 Å². The van der Waals surface area contributed by atoms with Gasteiger partial charge in [0.15, 0.2) is 0 Å². The van der Waals surface area contributed by atoms with Crippen molar-refractivity contribution in [2.24, 2.45) is 7.05 Å². The van der Waals surface area contributed by atoms with E-state index in [0.29, 0.717) is 28.4 Å². The second kappa shape index (κ2) is 7.45. The molecule has 3 heterocycles. The van der Waals surface area contributed by atoms with Crippen molar-refractivity contribution in [3.8, 4) is 0 Å². The summed E-state index contributed by atoms with van der Waals surface area (Å²) in [5, 5.41) is 2.33. The molecule has 7 heteroatoms. The first kappa shape index (κ1) is 19.2. The summed E-state index contributed by atoms with van der Waals surface area (Å²) >= 11 is 7.53. The fourth-order valence-corrected chi connectivity index (χ4v) is 5.44. The van der Waals surface area contributed by atoms with E-state index in [1.165, 1.54) is 11.3 Å². The predicted octanol–water partition coefficient (Wildman–Crippen LogP) is 4.37. The largest absolute Gasteiger partial charge is 0.368 e. The summed E-state index contributed by atoms with van der Waals surface area (Å²) in [6, 6.07) is 17.4. The molecular weight excluding hydrogens is 418 g/mol. The second-order valence-corrected chi connectivity index (χ2v) is 8.98. The molecule has 0 radical (unpaired) electrons. The van der Waals surface area contributed by atoms with Crippen molar-refractivity contribution in [1.82, 2.24) is 9.47 Å². The zero-order valence-corrected chi connectivity index (χ0v) is 18.0. The van der Waals surface area contributed by atoms with Crippen LogP contribution >= 0.6 is 22.9 Å². The Bertz CT molecular complexity index is 1340. The van der Waals surface area contributed by atoms with Gasteiger partial charge in [-0.05, 0) is 30.3 Å². The summed E-state index contributed by atoms with van der Waals surface area (Å²) in [6.45, 7) is 2.78. The van der Waals surface area contributed by atoms with Crippen molar-refractivity contribution in [2.75, 3.05) is 31.1 Å². The maximum Gasteiger partial charge on any atom is 0.264 e. The van der Waals surface area contributed by atoms with Gasteiger partial charge in [0.05, 0.1) is 15.8 Å². The van der Waals surface area contributed by atoms with Gasteiger partial charge in [0.1, 0.15) is 0 Å². The van der Waals surface area contributed by atoms with Gasteiger partial charge in [-0.2, -0.15) is 0 Å². The molecule has 0 spiro atoms. The summed E-state index contributed by atoms with van der Waals surface area (Å²) in [4.78, 5) is 30.7. The number of aromatic nitrogens is 1. The summed E-state index contributed by atoms with van der Waals surface area (Å²) in [5.41, 5.74) is 1.89. The molecule has 1 amide bonds. The normalized spacial score (nSPS) is 14.6. The molecule has 0 saturated carbocycles. The summed E-state index contributed by atoms with van der Waals surface area (Å²) < 4.78 is 2.54. The number of hydrogen-bond acceptors (Lipinski definition) is 4. The van der Waals surface area contributed by atoms with E-state index in [9.17, 15) is 9.59 Å². The number of hydrogen-bond donors (Lipinski definition) is 0. The van der Waals surface area contributed by atoms with Crippen molar-refractivity contribution in [1.29, 1.82) is 0 Å². The maximum absolute atomic E-state index is 13.2. The number of carbonyl (C=O) groups excluding carboxylic acids is 1. The van der Waals surface area contributed by atoms with Crippen molar-refractivity contribution in [2.45, 2.75) is 0 Å². The Morgan fingerprint density at radius 1 is 0.967 bits per heavy atom. The van der Waals surface area contributed by atoms with Gasteiger partial charge in [0.2, 0.25) is 0 Å². The lowest BCUT2D eigenvalue weighted by atomic mass is 10.1. The fourth-order valence-electron chi connectivity index (χ4n) is 4.10. The predicted molar refractivity (Wildman–Crippen MR) is 124 cm³/mol. The van der Waals surface area contributed by atoms with Gasteiger partial charge in [-0.1, -0.05) is 35.9 Å². The molecule has 152 valence electrons. The average molecular weight is 438 g/mol. The van der Waals surface area contributed by atoms with E-state index in [0.717, 1.165) is 34.4 Å². The van der Waals surface area contributed by atoms with Crippen LogP contribution in [0.5, 0.6) is 0 Å². The van der Waals surface area contributed by atoms with Gasteiger partial charge in [0, 0.05) is 54.0 Å². The molecule has 0 aliphatic carbocycles. The highest BCUT2D eigenvalue weighted by Gasteiger charge is 2.25. The van der Waals surface area contributed by atoms with Crippen molar-refractivity contribution in [3.05, 3.63) is 74.9 Å². The number of thiophene rings is 1. The molecule has 2 aromatic carbocycles. The first-order chi connectivity index (χ1) is 14.5. The molecule has 4 aromatic rings. The Kier molecular flexibility index (Phi) is 4.76. The maximum atomic E-state index is 13.2. The van der Waals surface area contributed by atoms with Gasteiger partial charge in [-0.15, -0.1) is 11.3 Å². The number of halogens is 1. The van der Waals surface area contributed by atoms with E-state index in [1.54, 1.807) is 17.7 Å². The van der Waals surface area contributed by atoms with Crippen LogP contribution < -0.4 is 10.5 Å². The third-order valence-electron chi connectivity index (χ3n) is 5.73. The number of carbonyl (C=O) groups is 1. The lowest BCUT2D eigenvalue weighted by Gasteiger charge is -2.36. The van der Waals surface area contributed by atoms with Crippen LogP contribution in [0.3, 0.4) is 0 Å². The zero-order valence-electron chi connectivity index (χ0n) is 16.5. The van der Waals surface area contributed by atoms with Crippen LogP contribution in [0.1, 0.15) is 9.67 Å². The van der Waals surface area contributed by atoms with Crippen LogP contribution in [0.4, 0.5) is 5.69 Å². The summed E-state index contributed by atoms with van der Waals surface area (Å²) in [6.07, 6.45) is 0. The Balaban J connectivity index is 1.43. The number of pyridine rings is 1. The standard InChI is InChI=1S/C23H20ClN3O2S/c1-25-19-8-3-2-7-17(19)21-18(22(25)28)14-20(30-21)23(29)27-11-9-26(10-12-27)16-6-4-5-15(24)13-16/h2-8,13-14H,9-12H2,1H3. The van der Waals surface area contributed by atoms with Crippen molar-refractivity contribution >= 4 is 55.5 Å². The minimum Gasteiger partial charge on any atom is -0.368 e. The van der Waals surface area contributed by atoms with E-state index in [1.807, 2.05) is 53.4 Å². The number of nitrogens with zero attached hydrogens (tertiary/aromatic N) is 3. The van der Waals surface area contributed by atoms with Gasteiger partial charge in [-0.25, -0.2) is 0 Å². The smallest absolute Gasteiger partial charge is 0.264 e. The molecule has 2 aromatic heterocycles. The molecule has 1 aliphatic heterocycles. The third kappa shape index (κ3) is 3.16. The minimum absolute atomic E-state index is 0.00641. The number of aryl methyl sites for hydroxylation is 1. The van der Waals surface area contributed by atoms with Crippen LogP contribution in [-0.2, 0) is 7.05 Å². The highest BCUT2D eigenvalue weighted by atomic mass is 35.5. The molecule has 1 aliphatic rings. The summed E-state index contributed by atoms with van der Waals surface area (Å²) in [5.74, 6) is -0.00641. The monoisotopic (exact) mass is 437 g/mol. The summed E-state index contributed by atoms with van der Waals surface area (Å²) in [7, 11) is 1.78. The lowest BCUT2D eigenvalue weighted by molar-refractivity contribution is 0.0751. The highest BCUT2D eigenvalue weighted by molar-refractivity contribution is 7.21. The molecule has 0 atom stereocenters. The van der Waals surface area contributed by atoms with Gasteiger partial charge >= 0.3 is 0 Å². The molecule has 1 saturated heterocycles. The van der Waals surface area contributed by atoms with E-state index in [2.05, 4.69) is 4.90 Å². The van der Waals surface area contributed by atoms with Gasteiger partial charge < -0.3 is 14.4 Å². The quantitative estimate of drug-likeness (QED) is 0.468. The lowest BCUT2D eigenvalue weighted by Crippen LogP contribution is -2.48. The zero-order chi connectivity index (χ0) is 20.8. The number of amides is 1. The Morgan fingerprint density at radius 2 is 1.73 bits per heavy atom. The van der Waals surface area contributed by atoms with E-state index in [-0.39, 0.29) is 11.5 Å². The molecule has 0 bridgehead atoms. The third-order valence-corrected chi connectivity index (χ3v) is 7.12. The number of benzene rings is 2. The van der Waals surface area contributed by atoms with E-state index < -0.39 is 0 Å². The van der Waals surface area contributed by atoms with Crippen molar-refractivity contribution < 1.29 is 4.79 Å². The first-order valence-electron chi connectivity index (χ1n) is 9.84. The SMILES string of the molecule is Cn1c(=O)c2cc(C(=O)N3CCN(c4cccc(Cl)c4)CC3)sc2c2ccccc21. The molecule has 0 N–H and O–H groups in total. The first-order valence-corrected chi connectivity index (χ1v) is 11.0. The van der Waals surface area contributed by atoms with Crippen LogP contribution in [0.15, 0.2) is 59.4 Å². The fraction of sp³-hybridized carbons (Fsp3) is 0.217. The topological polar surface area (TPSA) is 45.6 Å². The molecular formula is C23H20ClN3O2S. The Hall–Kier alpha value is -2.83. The molecule has 30 heavy (non-hydrogen) atoms.